The van der Waals surface area contributed by atoms with Crippen molar-refractivity contribution in [2.24, 2.45) is 5.92 Å². The second-order valence-electron chi connectivity index (χ2n) is 5.09. The Hall–Kier alpha value is -1.24. The van der Waals surface area contributed by atoms with Crippen LogP contribution in [0, 0.1) is 5.92 Å². The maximum Gasteiger partial charge on any atom is 0.306 e. The van der Waals surface area contributed by atoms with Gasteiger partial charge >= 0.3 is 5.97 Å². The zero-order valence-electron chi connectivity index (χ0n) is 11.3. The molecule has 1 aromatic carbocycles. The van der Waals surface area contributed by atoms with Crippen LogP contribution in [-0.4, -0.2) is 26.5 Å². The van der Waals surface area contributed by atoms with Gasteiger partial charge in [0.15, 0.2) is 0 Å². The number of aliphatic carboxylic acids is 1. The third-order valence-electron chi connectivity index (χ3n) is 3.57. The molecule has 0 aliphatic heterocycles. The van der Waals surface area contributed by atoms with Crippen LogP contribution in [0.25, 0.3) is 11.5 Å². The minimum absolute atomic E-state index is 0.190. The first-order valence-corrected chi connectivity index (χ1v) is 8.35. The molecular formula is C14H12Cl2N2O3S. The SMILES string of the molecule is O=C(O)[C@@H]1CC[C@H](Sc2nnc(-c3ccc(Cl)cc3Cl)o2)C1. The van der Waals surface area contributed by atoms with Gasteiger partial charge in [0.25, 0.3) is 5.22 Å². The molecule has 0 amide bonds. The lowest BCUT2D eigenvalue weighted by atomic mass is 10.1. The fourth-order valence-electron chi connectivity index (χ4n) is 2.44. The lowest BCUT2D eigenvalue weighted by Gasteiger charge is -2.05. The summed E-state index contributed by atoms with van der Waals surface area (Å²) >= 11 is 13.4. The molecule has 1 saturated carbocycles. The quantitative estimate of drug-likeness (QED) is 0.873. The normalized spacial score (nSPS) is 21.2. The van der Waals surface area contributed by atoms with Crippen molar-refractivity contribution in [3.8, 4) is 11.5 Å². The largest absolute Gasteiger partial charge is 0.481 e. The minimum atomic E-state index is -0.734. The van der Waals surface area contributed by atoms with E-state index >= 15 is 0 Å². The fourth-order valence-corrected chi connectivity index (χ4v) is 4.02. The molecule has 5 nitrogen and oxygen atoms in total. The molecule has 2 aromatic rings. The Bertz CT molecular complexity index is 707. The molecule has 22 heavy (non-hydrogen) atoms. The van der Waals surface area contributed by atoms with Gasteiger partial charge < -0.3 is 9.52 Å². The zero-order valence-corrected chi connectivity index (χ0v) is 13.7. The highest BCUT2D eigenvalue weighted by atomic mass is 35.5. The Labute approximate surface area is 141 Å². The van der Waals surface area contributed by atoms with Crippen molar-refractivity contribution < 1.29 is 14.3 Å². The summed E-state index contributed by atoms with van der Waals surface area (Å²) in [4.78, 5) is 11.0. The van der Waals surface area contributed by atoms with Gasteiger partial charge in [-0.2, -0.15) is 0 Å². The molecular weight excluding hydrogens is 347 g/mol. The number of hydrogen-bond donors (Lipinski definition) is 1. The third-order valence-corrected chi connectivity index (χ3v) is 5.25. The number of halogens is 2. The smallest absolute Gasteiger partial charge is 0.306 e. The van der Waals surface area contributed by atoms with Crippen LogP contribution in [-0.2, 0) is 4.79 Å². The highest BCUT2D eigenvalue weighted by molar-refractivity contribution is 7.99. The Morgan fingerprint density at radius 2 is 2.14 bits per heavy atom. The molecule has 8 heteroatoms. The second kappa shape index (κ2) is 6.48. The maximum absolute atomic E-state index is 11.0. The van der Waals surface area contributed by atoms with Crippen molar-refractivity contribution in [3.05, 3.63) is 28.2 Å². The lowest BCUT2D eigenvalue weighted by Crippen LogP contribution is -2.09. The summed E-state index contributed by atoms with van der Waals surface area (Å²) in [5.74, 6) is -0.676. The average Bonchev–Trinajstić information content (AvgIpc) is 3.09. The number of nitrogens with zero attached hydrogens (tertiary/aromatic N) is 2. The number of aromatic nitrogens is 2. The topological polar surface area (TPSA) is 76.2 Å². The average molecular weight is 359 g/mol. The van der Waals surface area contributed by atoms with Gasteiger partial charge in [0.2, 0.25) is 5.89 Å². The van der Waals surface area contributed by atoms with E-state index in [4.69, 9.17) is 32.7 Å². The van der Waals surface area contributed by atoms with Crippen molar-refractivity contribution in [1.82, 2.24) is 10.2 Å². The Morgan fingerprint density at radius 3 is 2.82 bits per heavy atom. The predicted octanol–water partition coefficient (Wildman–Crippen LogP) is 4.39. The Balaban J connectivity index is 1.70. The number of rotatable bonds is 4. The first kappa shape index (κ1) is 15.6. The van der Waals surface area contributed by atoms with Crippen molar-refractivity contribution in [1.29, 1.82) is 0 Å². The second-order valence-corrected chi connectivity index (χ2v) is 7.18. The van der Waals surface area contributed by atoms with Crippen molar-refractivity contribution in [2.45, 2.75) is 29.7 Å². The Morgan fingerprint density at radius 1 is 1.32 bits per heavy atom. The summed E-state index contributed by atoms with van der Waals surface area (Å²) in [7, 11) is 0. The van der Waals surface area contributed by atoms with Gasteiger partial charge in [-0.15, -0.1) is 10.2 Å². The van der Waals surface area contributed by atoms with Crippen LogP contribution in [0.15, 0.2) is 27.8 Å². The van der Waals surface area contributed by atoms with E-state index in [-0.39, 0.29) is 11.2 Å². The number of carboxylic acids is 1. The van der Waals surface area contributed by atoms with Crippen molar-refractivity contribution in [3.63, 3.8) is 0 Å². The van der Waals surface area contributed by atoms with Gasteiger partial charge in [0.05, 0.1) is 16.5 Å². The van der Waals surface area contributed by atoms with E-state index in [0.717, 1.165) is 6.42 Å². The van der Waals surface area contributed by atoms with Crippen LogP contribution in [0.5, 0.6) is 0 Å². The Kier molecular flexibility index (Phi) is 4.61. The van der Waals surface area contributed by atoms with Gasteiger partial charge in [-0.05, 0) is 37.5 Å². The van der Waals surface area contributed by atoms with Crippen LogP contribution in [0.3, 0.4) is 0 Å². The highest BCUT2D eigenvalue weighted by Crippen LogP contribution is 2.38. The summed E-state index contributed by atoms with van der Waals surface area (Å²) in [5.41, 5.74) is 0.625. The summed E-state index contributed by atoms with van der Waals surface area (Å²) in [6.45, 7) is 0. The first-order valence-electron chi connectivity index (χ1n) is 6.71. The van der Waals surface area contributed by atoms with E-state index in [2.05, 4.69) is 10.2 Å². The van der Waals surface area contributed by atoms with E-state index in [9.17, 15) is 4.79 Å². The van der Waals surface area contributed by atoms with Crippen LogP contribution in [0.1, 0.15) is 19.3 Å². The number of hydrogen-bond acceptors (Lipinski definition) is 5. The van der Waals surface area contributed by atoms with Crippen LogP contribution >= 0.6 is 35.0 Å². The lowest BCUT2D eigenvalue weighted by molar-refractivity contribution is -0.141. The minimum Gasteiger partial charge on any atom is -0.481 e. The van der Waals surface area contributed by atoms with Gasteiger partial charge in [0.1, 0.15) is 0 Å². The van der Waals surface area contributed by atoms with E-state index < -0.39 is 5.97 Å². The molecule has 3 rings (SSSR count). The summed E-state index contributed by atoms with van der Waals surface area (Å²) in [6.07, 6.45) is 2.15. The molecule has 0 saturated heterocycles. The number of carbonyl (C=O) groups is 1. The van der Waals surface area contributed by atoms with E-state index in [1.807, 2.05) is 0 Å². The summed E-state index contributed by atoms with van der Waals surface area (Å²) < 4.78 is 5.61. The molecule has 1 aliphatic carbocycles. The van der Waals surface area contributed by atoms with Gasteiger partial charge in [-0.3, -0.25) is 4.79 Å². The molecule has 2 atom stereocenters. The molecule has 1 aliphatic rings. The maximum atomic E-state index is 11.0. The molecule has 1 aromatic heterocycles. The van der Waals surface area contributed by atoms with Crippen LogP contribution < -0.4 is 0 Å². The van der Waals surface area contributed by atoms with E-state index in [0.29, 0.717) is 39.6 Å². The highest BCUT2D eigenvalue weighted by Gasteiger charge is 2.31. The fraction of sp³-hybridized carbons (Fsp3) is 0.357. The standard InChI is InChI=1S/C14H12Cl2N2O3S/c15-8-2-4-10(11(16)6-8)12-17-18-14(21-12)22-9-3-1-7(5-9)13(19)20/h2,4,6-7,9H,1,3,5H2,(H,19,20)/t7-,9+/m1/s1. The zero-order chi connectivity index (χ0) is 15.7. The van der Waals surface area contributed by atoms with Crippen LogP contribution in [0.4, 0.5) is 0 Å². The van der Waals surface area contributed by atoms with Crippen molar-refractivity contribution in [2.75, 3.05) is 0 Å². The molecule has 1 fully saturated rings. The van der Waals surface area contributed by atoms with E-state index in [1.54, 1.807) is 18.2 Å². The summed E-state index contributed by atoms with van der Waals surface area (Å²) in [5, 5.41) is 18.6. The van der Waals surface area contributed by atoms with Gasteiger partial charge in [-0.25, -0.2) is 0 Å². The summed E-state index contributed by atoms with van der Waals surface area (Å²) in [6, 6.07) is 5.04. The first-order chi connectivity index (χ1) is 10.5. The predicted molar refractivity (Wildman–Crippen MR) is 84.4 cm³/mol. The molecule has 1 heterocycles. The number of thioether (sulfide) groups is 1. The van der Waals surface area contributed by atoms with E-state index in [1.165, 1.54) is 11.8 Å². The van der Waals surface area contributed by atoms with Crippen LogP contribution in [0.2, 0.25) is 10.0 Å². The molecule has 0 spiro atoms. The molecule has 0 radical (unpaired) electrons. The number of carboxylic acid groups (broad SMARTS) is 1. The molecule has 1 N–H and O–H groups in total. The third kappa shape index (κ3) is 3.39. The number of benzene rings is 1. The molecule has 0 bridgehead atoms. The molecule has 116 valence electrons. The van der Waals surface area contributed by atoms with Gasteiger partial charge in [-0.1, -0.05) is 35.0 Å². The van der Waals surface area contributed by atoms with Crippen molar-refractivity contribution >= 4 is 40.9 Å². The molecule has 0 unspecified atom stereocenters. The van der Waals surface area contributed by atoms with Gasteiger partial charge in [0, 0.05) is 10.3 Å². The monoisotopic (exact) mass is 358 g/mol.